The maximum Gasteiger partial charge on any atom is 0.305 e. The molecule has 0 aliphatic carbocycles. The lowest BCUT2D eigenvalue weighted by Gasteiger charge is -2.38. The molecule has 10 nitrogen and oxygen atoms in total. The second-order valence-electron chi connectivity index (χ2n) is 8.18. The summed E-state index contributed by atoms with van der Waals surface area (Å²) in [6.07, 6.45) is 1.59. The van der Waals surface area contributed by atoms with Crippen molar-refractivity contribution in [3.8, 4) is 0 Å². The van der Waals surface area contributed by atoms with Crippen molar-refractivity contribution in [3.05, 3.63) is 53.8 Å². The van der Waals surface area contributed by atoms with E-state index in [1.54, 1.807) is 4.90 Å². The lowest BCUT2D eigenvalue weighted by Crippen LogP contribution is -2.52. The Bertz CT molecular complexity index is 982. The van der Waals surface area contributed by atoms with Gasteiger partial charge in [-0.15, -0.1) is 0 Å². The molecule has 10 heteroatoms. The minimum absolute atomic E-state index is 0.136. The molecule has 1 aromatic rings. The number of nitrogens with zero attached hydrogens (tertiary/aromatic N) is 2. The van der Waals surface area contributed by atoms with Crippen LogP contribution in [0.3, 0.4) is 0 Å². The molecule has 0 aromatic heterocycles. The fraction of sp³-hybridized carbons (Fsp3) is 0.440. The number of piperazine rings is 1. The molecule has 35 heavy (non-hydrogen) atoms. The Morgan fingerprint density at radius 2 is 1.54 bits per heavy atom. The van der Waals surface area contributed by atoms with Crippen molar-refractivity contribution < 1.29 is 38.1 Å². The van der Waals surface area contributed by atoms with Crippen LogP contribution in [0, 0.1) is 0 Å². The van der Waals surface area contributed by atoms with Gasteiger partial charge in [-0.25, -0.2) is 0 Å². The van der Waals surface area contributed by atoms with Gasteiger partial charge in [0.1, 0.15) is 0 Å². The van der Waals surface area contributed by atoms with Gasteiger partial charge in [-0.05, 0) is 5.56 Å². The van der Waals surface area contributed by atoms with Crippen molar-refractivity contribution in [1.29, 1.82) is 0 Å². The standard InChI is InChI=1S/C25H30N2O8/c1-17(28)32-21-16-22(35-25(34-19(3)30)23(21)33-18(2)29)24(31)27-14-12-26(13-15-27)11-7-10-20-8-5-4-6-9-20/h4-10,16,21,23,25H,11-15H2,1-3H3/b10-7+/t21-,23+,25+/m0/s1. The smallest absolute Gasteiger partial charge is 0.305 e. The van der Waals surface area contributed by atoms with Gasteiger partial charge in [0.25, 0.3) is 12.2 Å². The Labute approximate surface area is 204 Å². The molecule has 0 saturated carbocycles. The number of carbonyl (C=O) groups excluding carboxylic acids is 4. The highest BCUT2D eigenvalue weighted by molar-refractivity contribution is 5.92. The number of amides is 1. The Morgan fingerprint density at radius 1 is 0.914 bits per heavy atom. The van der Waals surface area contributed by atoms with Gasteiger partial charge in [0.2, 0.25) is 6.10 Å². The van der Waals surface area contributed by atoms with Crippen molar-refractivity contribution in [2.24, 2.45) is 0 Å². The summed E-state index contributed by atoms with van der Waals surface area (Å²) in [7, 11) is 0. The van der Waals surface area contributed by atoms with E-state index in [0.717, 1.165) is 26.0 Å². The van der Waals surface area contributed by atoms with E-state index in [4.69, 9.17) is 18.9 Å². The number of esters is 3. The predicted octanol–water partition coefficient (Wildman–Crippen LogP) is 1.51. The van der Waals surface area contributed by atoms with Crippen LogP contribution in [-0.4, -0.2) is 84.8 Å². The van der Waals surface area contributed by atoms with E-state index in [9.17, 15) is 19.2 Å². The van der Waals surface area contributed by atoms with Crippen molar-refractivity contribution in [1.82, 2.24) is 9.80 Å². The van der Waals surface area contributed by atoms with Crippen LogP contribution in [-0.2, 0) is 38.1 Å². The first kappa shape index (κ1) is 26.0. The molecular formula is C25H30N2O8. The maximum absolute atomic E-state index is 13.2. The number of rotatable bonds is 7. The molecule has 2 aliphatic rings. The normalized spacial score (nSPS) is 22.7. The molecule has 1 saturated heterocycles. The summed E-state index contributed by atoms with van der Waals surface area (Å²) in [5.41, 5.74) is 1.12. The molecule has 0 unspecified atom stereocenters. The number of ether oxygens (including phenoxy) is 4. The first-order chi connectivity index (χ1) is 16.7. The molecule has 2 aliphatic heterocycles. The highest BCUT2D eigenvalue weighted by atomic mass is 16.7. The third-order valence-corrected chi connectivity index (χ3v) is 5.38. The van der Waals surface area contributed by atoms with Crippen molar-refractivity contribution in [2.45, 2.75) is 39.3 Å². The lowest BCUT2D eigenvalue weighted by atomic mass is 10.1. The molecule has 0 spiro atoms. The SMILES string of the molecule is CC(=O)O[C@@H]1OC(C(=O)N2CCN(C/C=C/c3ccccc3)CC2)=C[C@H](OC(C)=O)[C@H]1OC(C)=O. The van der Waals surface area contributed by atoms with Crippen LogP contribution in [0.5, 0.6) is 0 Å². The Kier molecular flexibility index (Phi) is 9.02. The maximum atomic E-state index is 13.2. The zero-order valence-electron chi connectivity index (χ0n) is 20.0. The van der Waals surface area contributed by atoms with E-state index in [0.29, 0.717) is 26.2 Å². The topological polar surface area (TPSA) is 112 Å². The first-order valence-corrected chi connectivity index (χ1v) is 11.4. The van der Waals surface area contributed by atoms with Crippen LogP contribution < -0.4 is 0 Å². The molecule has 1 amide bonds. The second-order valence-corrected chi connectivity index (χ2v) is 8.18. The number of benzene rings is 1. The summed E-state index contributed by atoms with van der Waals surface area (Å²) in [6, 6.07) is 10.0. The summed E-state index contributed by atoms with van der Waals surface area (Å²) in [5.74, 6) is -2.62. The molecule has 0 radical (unpaired) electrons. The quantitative estimate of drug-likeness (QED) is 0.418. The van der Waals surface area contributed by atoms with E-state index in [2.05, 4.69) is 17.1 Å². The molecule has 2 heterocycles. The van der Waals surface area contributed by atoms with E-state index >= 15 is 0 Å². The van der Waals surface area contributed by atoms with Crippen LogP contribution in [0.15, 0.2) is 48.2 Å². The van der Waals surface area contributed by atoms with Gasteiger partial charge in [-0.1, -0.05) is 42.5 Å². The van der Waals surface area contributed by atoms with Gasteiger partial charge in [0, 0.05) is 59.6 Å². The number of hydrogen-bond donors (Lipinski definition) is 0. The molecule has 0 N–H and O–H groups in total. The molecule has 0 bridgehead atoms. The molecule has 188 valence electrons. The summed E-state index contributed by atoms with van der Waals surface area (Å²) in [4.78, 5) is 51.8. The highest BCUT2D eigenvalue weighted by Gasteiger charge is 2.44. The molecule has 1 aromatic carbocycles. The fourth-order valence-corrected chi connectivity index (χ4v) is 3.81. The van der Waals surface area contributed by atoms with Crippen LogP contribution in [0.25, 0.3) is 6.08 Å². The average Bonchev–Trinajstić information content (AvgIpc) is 2.81. The summed E-state index contributed by atoms with van der Waals surface area (Å²) < 4.78 is 21.1. The van der Waals surface area contributed by atoms with Gasteiger partial charge in [-0.2, -0.15) is 0 Å². The predicted molar refractivity (Wildman–Crippen MR) is 124 cm³/mol. The Morgan fingerprint density at radius 3 is 2.14 bits per heavy atom. The Hall–Kier alpha value is -3.66. The van der Waals surface area contributed by atoms with Crippen LogP contribution in [0.4, 0.5) is 0 Å². The summed E-state index contributed by atoms with van der Waals surface area (Å²) in [6.45, 7) is 6.50. The fourth-order valence-electron chi connectivity index (χ4n) is 3.81. The zero-order chi connectivity index (χ0) is 25.4. The molecule has 1 fully saturated rings. The highest BCUT2D eigenvalue weighted by Crippen LogP contribution is 2.26. The van der Waals surface area contributed by atoms with Crippen molar-refractivity contribution in [3.63, 3.8) is 0 Å². The number of carbonyl (C=O) groups is 4. The summed E-state index contributed by atoms with van der Waals surface area (Å²) >= 11 is 0. The minimum atomic E-state index is -1.44. The van der Waals surface area contributed by atoms with Crippen molar-refractivity contribution in [2.75, 3.05) is 32.7 Å². The van der Waals surface area contributed by atoms with Crippen LogP contribution >= 0.6 is 0 Å². The molecule has 3 atom stereocenters. The minimum Gasteiger partial charge on any atom is -0.454 e. The lowest BCUT2D eigenvalue weighted by molar-refractivity contribution is -0.223. The van der Waals surface area contributed by atoms with Crippen molar-refractivity contribution >= 4 is 29.9 Å². The van der Waals surface area contributed by atoms with E-state index < -0.39 is 42.3 Å². The molecular weight excluding hydrogens is 456 g/mol. The number of hydrogen-bond acceptors (Lipinski definition) is 9. The van der Waals surface area contributed by atoms with Gasteiger partial charge in [-0.3, -0.25) is 24.1 Å². The van der Waals surface area contributed by atoms with Gasteiger partial charge >= 0.3 is 17.9 Å². The third kappa shape index (κ3) is 7.68. The monoisotopic (exact) mass is 486 g/mol. The largest absolute Gasteiger partial charge is 0.454 e. The first-order valence-electron chi connectivity index (χ1n) is 11.4. The second kappa shape index (κ2) is 12.2. The van der Waals surface area contributed by atoms with E-state index in [1.165, 1.54) is 13.0 Å². The zero-order valence-corrected chi connectivity index (χ0v) is 20.0. The van der Waals surface area contributed by atoms with E-state index in [1.807, 2.05) is 30.3 Å². The van der Waals surface area contributed by atoms with Crippen LogP contribution in [0.2, 0.25) is 0 Å². The van der Waals surface area contributed by atoms with Gasteiger partial charge in [0.15, 0.2) is 11.9 Å². The van der Waals surface area contributed by atoms with Gasteiger partial charge < -0.3 is 23.8 Å². The summed E-state index contributed by atoms with van der Waals surface area (Å²) in [5, 5.41) is 0. The average molecular weight is 487 g/mol. The van der Waals surface area contributed by atoms with E-state index in [-0.39, 0.29) is 5.76 Å². The van der Waals surface area contributed by atoms with Crippen LogP contribution in [0.1, 0.15) is 26.3 Å². The Balaban J connectivity index is 1.65. The molecule has 3 rings (SSSR count). The van der Waals surface area contributed by atoms with Gasteiger partial charge in [0.05, 0.1) is 0 Å². The third-order valence-electron chi connectivity index (χ3n) is 5.38.